The minimum absolute atomic E-state index is 0.0313. The Hall–Kier alpha value is -2.64. The third-order valence-corrected chi connectivity index (χ3v) is 8.16. The SMILES string of the molecule is CC(C)CN(CC(=O)N1CCc2sccc2[C@@H]1COc1ccc(C(C)C)cc1)C(=O)c1cccs1. The van der Waals surface area contributed by atoms with Crippen molar-refractivity contribution >= 4 is 34.5 Å². The van der Waals surface area contributed by atoms with Crippen LogP contribution in [-0.4, -0.2) is 47.9 Å². The van der Waals surface area contributed by atoms with Gasteiger partial charge in [-0.3, -0.25) is 9.59 Å². The molecule has 0 radical (unpaired) electrons. The van der Waals surface area contributed by atoms with Crippen LogP contribution in [0.4, 0.5) is 0 Å². The molecule has 35 heavy (non-hydrogen) atoms. The van der Waals surface area contributed by atoms with E-state index < -0.39 is 0 Å². The predicted molar refractivity (Wildman–Crippen MR) is 144 cm³/mol. The Morgan fingerprint density at radius 2 is 1.83 bits per heavy atom. The molecule has 1 aromatic carbocycles. The summed E-state index contributed by atoms with van der Waals surface area (Å²) in [6.07, 6.45) is 0.835. The van der Waals surface area contributed by atoms with E-state index >= 15 is 0 Å². The van der Waals surface area contributed by atoms with Gasteiger partial charge < -0.3 is 14.5 Å². The fraction of sp³-hybridized carbons (Fsp3) is 0.429. The van der Waals surface area contributed by atoms with Crippen LogP contribution < -0.4 is 4.74 Å². The number of fused-ring (bicyclic) bond motifs is 1. The van der Waals surface area contributed by atoms with Gasteiger partial charge in [0.15, 0.2) is 0 Å². The predicted octanol–water partition coefficient (Wildman–Crippen LogP) is 6.24. The Labute approximate surface area is 216 Å². The van der Waals surface area contributed by atoms with Gasteiger partial charge in [-0.25, -0.2) is 0 Å². The number of rotatable bonds is 9. The van der Waals surface area contributed by atoms with E-state index in [0.29, 0.717) is 30.5 Å². The van der Waals surface area contributed by atoms with Crippen LogP contribution in [0.5, 0.6) is 5.75 Å². The number of benzene rings is 1. The molecule has 0 N–H and O–H groups in total. The number of carbonyl (C=O) groups excluding carboxylic acids is 2. The second kappa shape index (κ2) is 11.4. The summed E-state index contributed by atoms with van der Waals surface area (Å²) in [6.45, 7) is 10.1. The molecule has 4 rings (SSSR count). The molecule has 0 unspecified atom stereocenters. The molecule has 1 aliphatic heterocycles. The molecule has 0 spiro atoms. The number of hydrogen-bond acceptors (Lipinski definition) is 5. The van der Waals surface area contributed by atoms with Crippen LogP contribution >= 0.6 is 22.7 Å². The van der Waals surface area contributed by atoms with E-state index in [2.05, 4.69) is 51.3 Å². The quantitative estimate of drug-likeness (QED) is 0.343. The van der Waals surface area contributed by atoms with E-state index in [4.69, 9.17) is 4.74 Å². The molecule has 0 bridgehead atoms. The molecule has 0 saturated heterocycles. The molecule has 0 saturated carbocycles. The van der Waals surface area contributed by atoms with Gasteiger partial charge >= 0.3 is 0 Å². The summed E-state index contributed by atoms with van der Waals surface area (Å²) in [4.78, 5) is 32.3. The maximum Gasteiger partial charge on any atom is 0.264 e. The van der Waals surface area contributed by atoms with Crippen molar-refractivity contribution in [1.82, 2.24) is 9.80 Å². The Balaban J connectivity index is 1.50. The average Bonchev–Trinajstić information content (AvgIpc) is 3.53. The highest BCUT2D eigenvalue weighted by molar-refractivity contribution is 7.12. The molecule has 2 aromatic heterocycles. The zero-order valence-electron chi connectivity index (χ0n) is 20.9. The molecular formula is C28H34N2O3S2. The van der Waals surface area contributed by atoms with Gasteiger partial charge in [0.25, 0.3) is 5.91 Å². The van der Waals surface area contributed by atoms with E-state index in [9.17, 15) is 9.59 Å². The van der Waals surface area contributed by atoms with E-state index in [1.54, 1.807) is 16.2 Å². The van der Waals surface area contributed by atoms with Gasteiger partial charge in [-0.15, -0.1) is 22.7 Å². The summed E-state index contributed by atoms with van der Waals surface area (Å²) in [7, 11) is 0. The summed E-state index contributed by atoms with van der Waals surface area (Å²) in [6, 6.07) is 13.8. The van der Waals surface area contributed by atoms with E-state index in [1.807, 2.05) is 34.5 Å². The third kappa shape index (κ3) is 6.14. The van der Waals surface area contributed by atoms with Crippen molar-refractivity contribution in [3.8, 4) is 5.75 Å². The largest absolute Gasteiger partial charge is 0.491 e. The Bertz CT molecular complexity index is 1120. The molecule has 0 fully saturated rings. The van der Waals surface area contributed by atoms with E-state index in [0.717, 1.165) is 17.7 Å². The highest BCUT2D eigenvalue weighted by Gasteiger charge is 2.34. The smallest absolute Gasteiger partial charge is 0.264 e. The molecule has 0 aliphatic carbocycles. The van der Waals surface area contributed by atoms with E-state index in [1.165, 1.54) is 21.8 Å². The highest BCUT2D eigenvalue weighted by atomic mass is 32.1. The zero-order valence-corrected chi connectivity index (χ0v) is 22.5. The van der Waals surface area contributed by atoms with Crippen molar-refractivity contribution in [3.63, 3.8) is 0 Å². The first-order valence-electron chi connectivity index (χ1n) is 12.2. The monoisotopic (exact) mass is 510 g/mol. The lowest BCUT2D eigenvalue weighted by molar-refractivity contribution is -0.135. The van der Waals surface area contributed by atoms with Crippen molar-refractivity contribution in [2.24, 2.45) is 5.92 Å². The summed E-state index contributed by atoms with van der Waals surface area (Å²) in [5.41, 5.74) is 2.43. The van der Waals surface area contributed by atoms with Crippen LogP contribution in [0.2, 0.25) is 0 Å². The van der Waals surface area contributed by atoms with Crippen molar-refractivity contribution in [2.45, 2.75) is 46.1 Å². The fourth-order valence-electron chi connectivity index (χ4n) is 4.47. The van der Waals surface area contributed by atoms with Crippen molar-refractivity contribution in [1.29, 1.82) is 0 Å². The molecule has 3 heterocycles. The van der Waals surface area contributed by atoms with Crippen molar-refractivity contribution < 1.29 is 14.3 Å². The van der Waals surface area contributed by atoms with Gasteiger partial charge in [0.2, 0.25) is 5.91 Å². The molecular weight excluding hydrogens is 476 g/mol. The number of hydrogen-bond donors (Lipinski definition) is 0. The number of thiophene rings is 2. The van der Waals surface area contributed by atoms with Crippen LogP contribution in [0, 0.1) is 5.92 Å². The lowest BCUT2D eigenvalue weighted by Crippen LogP contribution is -2.48. The molecule has 3 aromatic rings. The number of nitrogens with zero attached hydrogens (tertiary/aromatic N) is 2. The normalized spacial score (nSPS) is 15.4. The maximum absolute atomic E-state index is 13.6. The maximum atomic E-state index is 13.6. The van der Waals surface area contributed by atoms with Crippen molar-refractivity contribution in [2.75, 3.05) is 26.2 Å². The van der Waals surface area contributed by atoms with Crippen LogP contribution in [0.3, 0.4) is 0 Å². The van der Waals surface area contributed by atoms with Crippen LogP contribution in [-0.2, 0) is 11.2 Å². The lowest BCUT2D eigenvalue weighted by atomic mass is 10.00. The number of carbonyl (C=O) groups is 2. The van der Waals surface area contributed by atoms with Gasteiger partial charge in [-0.2, -0.15) is 0 Å². The van der Waals surface area contributed by atoms with Crippen LogP contribution in [0.1, 0.15) is 65.3 Å². The Kier molecular flexibility index (Phi) is 8.29. The minimum Gasteiger partial charge on any atom is -0.491 e. The number of amides is 2. The summed E-state index contributed by atoms with van der Waals surface area (Å²) in [5, 5.41) is 3.99. The molecule has 1 aliphatic rings. The minimum atomic E-state index is -0.167. The Morgan fingerprint density at radius 1 is 1.06 bits per heavy atom. The topological polar surface area (TPSA) is 49.9 Å². The molecule has 186 valence electrons. The van der Waals surface area contributed by atoms with Gasteiger partial charge in [0.1, 0.15) is 18.9 Å². The molecule has 7 heteroatoms. The summed E-state index contributed by atoms with van der Waals surface area (Å²) < 4.78 is 6.19. The van der Waals surface area contributed by atoms with E-state index in [-0.39, 0.29) is 30.3 Å². The number of ether oxygens (including phenoxy) is 1. The van der Waals surface area contributed by atoms with Gasteiger partial charge in [-0.05, 0) is 64.4 Å². The first kappa shape index (κ1) is 25.5. The average molecular weight is 511 g/mol. The molecule has 1 atom stereocenters. The fourth-order valence-corrected chi connectivity index (χ4v) is 6.09. The lowest BCUT2D eigenvalue weighted by Gasteiger charge is -2.37. The van der Waals surface area contributed by atoms with Crippen molar-refractivity contribution in [3.05, 3.63) is 74.1 Å². The zero-order chi connectivity index (χ0) is 24.9. The third-order valence-electron chi connectivity index (χ3n) is 6.30. The highest BCUT2D eigenvalue weighted by Crippen LogP contribution is 2.34. The molecule has 2 amide bonds. The first-order valence-corrected chi connectivity index (χ1v) is 14.0. The standard InChI is InChI=1S/C28H34N2O3S2/c1-19(2)16-29(28(32)26-6-5-14-34-26)17-27(31)30-13-11-25-23(12-15-35-25)24(30)18-33-22-9-7-21(8-10-22)20(3)4/h5-10,12,14-15,19-20,24H,11,13,16-18H2,1-4H3/t24-/m0/s1. The summed E-state index contributed by atoms with van der Waals surface area (Å²) >= 11 is 3.15. The van der Waals surface area contributed by atoms with Gasteiger partial charge in [-0.1, -0.05) is 45.9 Å². The van der Waals surface area contributed by atoms with Crippen LogP contribution in [0.15, 0.2) is 53.2 Å². The summed E-state index contributed by atoms with van der Waals surface area (Å²) in [5.74, 6) is 1.43. The first-order chi connectivity index (χ1) is 16.8. The Morgan fingerprint density at radius 3 is 2.49 bits per heavy atom. The van der Waals surface area contributed by atoms with Gasteiger partial charge in [0, 0.05) is 18.0 Å². The second-order valence-corrected chi connectivity index (χ2v) is 11.7. The molecule has 5 nitrogen and oxygen atoms in total. The van der Waals surface area contributed by atoms with Crippen LogP contribution in [0.25, 0.3) is 0 Å². The van der Waals surface area contributed by atoms with Gasteiger partial charge in [0.05, 0.1) is 10.9 Å². The second-order valence-electron chi connectivity index (χ2n) is 9.74.